The number of hydrogen-bond donors (Lipinski definition) is 1. The first-order chi connectivity index (χ1) is 7.93. The van der Waals surface area contributed by atoms with E-state index >= 15 is 0 Å². The minimum absolute atomic E-state index is 0.150. The lowest BCUT2D eigenvalue weighted by atomic mass is 10.0. The summed E-state index contributed by atoms with van der Waals surface area (Å²) in [5.74, 6) is 0. The Labute approximate surface area is 96.3 Å². The van der Waals surface area contributed by atoms with E-state index in [-0.39, 0.29) is 11.9 Å². The van der Waals surface area contributed by atoms with Crippen LogP contribution >= 0.6 is 0 Å². The molecule has 2 nitrogen and oxygen atoms in total. The van der Waals surface area contributed by atoms with Crippen LogP contribution in [0.4, 0.5) is 13.2 Å². The normalized spacial score (nSPS) is 12.1. The van der Waals surface area contributed by atoms with Gasteiger partial charge in [-0.3, -0.25) is 4.98 Å². The molecule has 0 atom stereocenters. The van der Waals surface area contributed by atoms with Crippen LogP contribution in [0.15, 0.2) is 24.3 Å². The molecule has 2 N–H and O–H groups in total. The fourth-order valence-corrected chi connectivity index (χ4v) is 1.90. The fraction of sp³-hybridized carbons (Fsp3) is 0.250. The van der Waals surface area contributed by atoms with Crippen LogP contribution in [-0.4, -0.2) is 4.98 Å². The van der Waals surface area contributed by atoms with E-state index in [9.17, 15) is 13.2 Å². The number of aryl methyl sites for hydroxylation is 1. The van der Waals surface area contributed by atoms with E-state index in [1.165, 1.54) is 6.07 Å². The molecule has 0 aliphatic carbocycles. The SMILES string of the molecule is Cc1cc(CN)nc2cccc(C(F)(F)F)c12. The number of rotatable bonds is 1. The van der Waals surface area contributed by atoms with Crippen LogP contribution in [0.5, 0.6) is 0 Å². The molecule has 0 aliphatic rings. The summed E-state index contributed by atoms with van der Waals surface area (Å²) in [6.07, 6.45) is -4.36. The highest BCUT2D eigenvalue weighted by Crippen LogP contribution is 2.35. The van der Waals surface area contributed by atoms with E-state index in [0.29, 0.717) is 16.8 Å². The van der Waals surface area contributed by atoms with Crippen LogP contribution in [0, 0.1) is 6.92 Å². The second-order valence-electron chi connectivity index (χ2n) is 3.83. The maximum absolute atomic E-state index is 12.8. The zero-order chi connectivity index (χ0) is 12.6. The Morgan fingerprint density at radius 3 is 2.59 bits per heavy atom. The van der Waals surface area contributed by atoms with Crippen molar-refractivity contribution in [3.8, 4) is 0 Å². The number of aromatic nitrogens is 1. The Bertz CT molecular complexity index is 561. The van der Waals surface area contributed by atoms with Crippen molar-refractivity contribution in [2.75, 3.05) is 0 Å². The van der Waals surface area contributed by atoms with E-state index in [1.54, 1.807) is 19.1 Å². The average molecular weight is 240 g/mol. The van der Waals surface area contributed by atoms with E-state index in [2.05, 4.69) is 4.98 Å². The van der Waals surface area contributed by atoms with Gasteiger partial charge >= 0.3 is 6.18 Å². The van der Waals surface area contributed by atoms with Crippen LogP contribution in [0.2, 0.25) is 0 Å². The topological polar surface area (TPSA) is 38.9 Å². The van der Waals surface area contributed by atoms with Gasteiger partial charge in [0.05, 0.1) is 16.8 Å². The molecule has 17 heavy (non-hydrogen) atoms. The number of nitrogens with zero attached hydrogens (tertiary/aromatic N) is 1. The Kier molecular flexibility index (Phi) is 2.79. The second kappa shape index (κ2) is 4.00. The van der Waals surface area contributed by atoms with Gasteiger partial charge in [0.15, 0.2) is 0 Å². The molecule has 0 amide bonds. The molecule has 0 aliphatic heterocycles. The van der Waals surface area contributed by atoms with Crippen molar-refractivity contribution in [3.63, 3.8) is 0 Å². The Balaban J connectivity index is 2.81. The van der Waals surface area contributed by atoms with E-state index < -0.39 is 11.7 Å². The van der Waals surface area contributed by atoms with Crippen molar-refractivity contribution < 1.29 is 13.2 Å². The van der Waals surface area contributed by atoms with Crippen LogP contribution in [0.25, 0.3) is 10.9 Å². The molecular formula is C12H11F3N2. The van der Waals surface area contributed by atoms with Gasteiger partial charge in [-0.25, -0.2) is 0 Å². The van der Waals surface area contributed by atoms with Crippen molar-refractivity contribution in [3.05, 3.63) is 41.1 Å². The van der Waals surface area contributed by atoms with Crippen LogP contribution in [-0.2, 0) is 12.7 Å². The Morgan fingerprint density at radius 2 is 2.00 bits per heavy atom. The quantitative estimate of drug-likeness (QED) is 0.832. The number of pyridine rings is 1. The van der Waals surface area contributed by atoms with Gasteiger partial charge in [-0.2, -0.15) is 13.2 Å². The molecular weight excluding hydrogens is 229 g/mol. The molecule has 90 valence electrons. The summed E-state index contributed by atoms with van der Waals surface area (Å²) in [5.41, 5.74) is 6.27. The zero-order valence-electron chi connectivity index (χ0n) is 9.17. The highest BCUT2D eigenvalue weighted by molar-refractivity contribution is 5.86. The lowest BCUT2D eigenvalue weighted by Gasteiger charge is -2.12. The van der Waals surface area contributed by atoms with Gasteiger partial charge in [0.25, 0.3) is 0 Å². The molecule has 0 saturated carbocycles. The molecule has 0 bridgehead atoms. The molecule has 5 heteroatoms. The number of halogens is 3. The standard InChI is InChI=1S/C12H11F3N2/c1-7-5-8(6-16)17-10-4-2-3-9(11(7)10)12(13,14)15/h2-5H,6,16H2,1H3. The Morgan fingerprint density at radius 1 is 1.29 bits per heavy atom. The molecule has 0 unspecified atom stereocenters. The largest absolute Gasteiger partial charge is 0.417 e. The molecule has 0 fully saturated rings. The lowest BCUT2D eigenvalue weighted by molar-refractivity contribution is -0.136. The minimum Gasteiger partial charge on any atom is -0.325 e. The molecule has 0 spiro atoms. The minimum atomic E-state index is -4.36. The Hall–Kier alpha value is -1.62. The smallest absolute Gasteiger partial charge is 0.325 e. The van der Waals surface area contributed by atoms with E-state index in [0.717, 1.165) is 6.07 Å². The predicted octanol–water partition coefficient (Wildman–Crippen LogP) is 3.02. The first-order valence-electron chi connectivity index (χ1n) is 5.10. The third-order valence-corrected chi connectivity index (χ3v) is 2.60. The van der Waals surface area contributed by atoms with Crippen molar-refractivity contribution in [1.82, 2.24) is 4.98 Å². The monoisotopic (exact) mass is 240 g/mol. The van der Waals surface area contributed by atoms with Crippen molar-refractivity contribution in [1.29, 1.82) is 0 Å². The first-order valence-corrected chi connectivity index (χ1v) is 5.10. The first kappa shape index (κ1) is 11.9. The second-order valence-corrected chi connectivity index (χ2v) is 3.83. The van der Waals surface area contributed by atoms with Crippen LogP contribution < -0.4 is 5.73 Å². The lowest BCUT2D eigenvalue weighted by Crippen LogP contribution is -2.08. The van der Waals surface area contributed by atoms with Gasteiger partial charge in [-0.1, -0.05) is 6.07 Å². The van der Waals surface area contributed by atoms with Crippen LogP contribution in [0.3, 0.4) is 0 Å². The van der Waals surface area contributed by atoms with Gasteiger partial charge in [-0.05, 0) is 30.7 Å². The van der Waals surface area contributed by atoms with E-state index in [1.807, 2.05) is 0 Å². The number of hydrogen-bond acceptors (Lipinski definition) is 2. The van der Waals surface area contributed by atoms with Gasteiger partial charge in [0, 0.05) is 11.9 Å². The molecule has 0 radical (unpaired) electrons. The van der Waals surface area contributed by atoms with Gasteiger partial charge in [0.2, 0.25) is 0 Å². The molecule has 2 rings (SSSR count). The average Bonchev–Trinajstić information content (AvgIpc) is 2.26. The summed E-state index contributed by atoms with van der Waals surface area (Å²) in [6, 6.07) is 5.59. The zero-order valence-corrected chi connectivity index (χ0v) is 9.17. The third kappa shape index (κ3) is 2.10. The van der Waals surface area contributed by atoms with Crippen molar-refractivity contribution >= 4 is 10.9 Å². The predicted molar refractivity (Wildman–Crippen MR) is 59.4 cm³/mol. The number of fused-ring (bicyclic) bond motifs is 1. The van der Waals surface area contributed by atoms with Gasteiger partial charge in [0.1, 0.15) is 0 Å². The van der Waals surface area contributed by atoms with Crippen molar-refractivity contribution in [2.24, 2.45) is 5.73 Å². The van der Waals surface area contributed by atoms with Gasteiger partial charge < -0.3 is 5.73 Å². The summed E-state index contributed by atoms with van der Waals surface area (Å²) in [4.78, 5) is 4.10. The molecule has 1 heterocycles. The summed E-state index contributed by atoms with van der Waals surface area (Å²) in [5, 5.41) is 0.150. The molecule has 2 aromatic rings. The van der Waals surface area contributed by atoms with Crippen molar-refractivity contribution in [2.45, 2.75) is 19.6 Å². The third-order valence-electron chi connectivity index (χ3n) is 2.60. The maximum Gasteiger partial charge on any atom is 0.417 e. The number of benzene rings is 1. The highest BCUT2D eigenvalue weighted by atomic mass is 19.4. The maximum atomic E-state index is 12.8. The van der Waals surface area contributed by atoms with Gasteiger partial charge in [-0.15, -0.1) is 0 Å². The number of nitrogens with two attached hydrogens (primary N) is 1. The summed E-state index contributed by atoms with van der Waals surface area (Å²) >= 11 is 0. The van der Waals surface area contributed by atoms with Crippen LogP contribution in [0.1, 0.15) is 16.8 Å². The molecule has 0 saturated heterocycles. The molecule has 1 aromatic heterocycles. The summed E-state index contributed by atoms with van der Waals surface area (Å²) in [6.45, 7) is 1.85. The fourth-order valence-electron chi connectivity index (χ4n) is 1.90. The summed E-state index contributed by atoms with van der Waals surface area (Å²) in [7, 11) is 0. The summed E-state index contributed by atoms with van der Waals surface area (Å²) < 4.78 is 38.5. The number of alkyl halides is 3. The van der Waals surface area contributed by atoms with E-state index in [4.69, 9.17) is 5.73 Å². The highest BCUT2D eigenvalue weighted by Gasteiger charge is 2.33. The molecule has 1 aromatic carbocycles.